The van der Waals surface area contributed by atoms with Crippen molar-refractivity contribution >= 4 is 0 Å². The van der Waals surface area contributed by atoms with Crippen molar-refractivity contribution in [1.82, 2.24) is 4.90 Å². The molecule has 3 aromatic rings. The van der Waals surface area contributed by atoms with E-state index in [4.69, 9.17) is 0 Å². The van der Waals surface area contributed by atoms with E-state index in [0.717, 1.165) is 32.1 Å². The van der Waals surface area contributed by atoms with Crippen molar-refractivity contribution in [2.75, 3.05) is 0 Å². The highest BCUT2D eigenvalue weighted by atomic mass is 19.1. The molecule has 1 saturated heterocycles. The standard InChI is InChI=1S/C30H35F2N/c1-4-20-30(3,23-12-6-5-7-13-23)21-24-19-18-22(2)33(24)29(25-14-8-10-16-27(25)31)26-15-9-11-17-28(26)32/h5-17,22,24,29H,4,18-21H2,1-3H3. The Kier molecular flexibility index (Phi) is 7.29. The Balaban J connectivity index is 1.77. The summed E-state index contributed by atoms with van der Waals surface area (Å²) in [5.41, 5.74) is 2.47. The van der Waals surface area contributed by atoms with Crippen molar-refractivity contribution in [1.29, 1.82) is 0 Å². The second kappa shape index (κ2) is 10.2. The lowest BCUT2D eigenvalue weighted by Crippen LogP contribution is -2.42. The molecule has 3 atom stereocenters. The molecule has 0 spiro atoms. The van der Waals surface area contributed by atoms with Crippen molar-refractivity contribution in [2.24, 2.45) is 0 Å². The topological polar surface area (TPSA) is 3.24 Å². The van der Waals surface area contributed by atoms with Crippen molar-refractivity contribution in [3.05, 3.63) is 107 Å². The third kappa shape index (κ3) is 4.89. The van der Waals surface area contributed by atoms with Gasteiger partial charge >= 0.3 is 0 Å². The summed E-state index contributed by atoms with van der Waals surface area (Å²) in [4.78, 5) is 2.40. The molecule has 0 saturated carbocycles. The molecule has 0 N–H and O–H groups in total. The van der Waals surface area contributed by atoms with Crippen molar-refractivity contribution in [3.63, 3.8) is 0 Å². The molecule has 1 fully saturated rings. The van der Waals surface area contributed by atoms with Crippen molar-refractivity contribution in [2.45, 2.75) is 76.4 Å². The van der Waals surface area contributed by atoms with E-state index in [-0.39, 0.29) is 29.1 Å². The Hall–Kier alpha value is -2.52. The molecular formula is C30H35F2N. The highest BCUT2D eigenvalue weighted by molar-refractivity contribution is 5.35. The highest BCUT2D eigenvalue weighted by Crippen LogP contribution is 2.45. The average Bonchev–Trinajstić information content (AvgIpc) is 3.16. The van der Waals surface area contributed by atoms with Crippen LogP contribution in [0, 0.1) is 11.6 Å². The van der Waals surface area contributed by atoms with Gasteiger partial charge in [0.25, 0.3) is 0 Å². The van der Waals surface area contributed by atoms with Crippen LogP contribution in [0.5, 0.6) is 0 Å². The van der Waals surface area contributed by atoms with Gasteiger partial charge in [-0.15, -0.1) is 0 Å². The van der Waals surface area contributed by atoms with Crippen LogP contribution in [0.25, 0.3) is 0 Å². The predicted molar refractivity (Wildman–Crippen MR) is 132 cm³/mol. The normalized spacial score (nSPS) is 20.8. The van der Waals surface area contributed by atoms with Crippen LogP contribution in [0.4, 0.5) is 8.78 Å². The van der Waals surface area contributed by atoms with Gasteiger partial charge in [-0.05, 0) is 55.7 Å². The maximum Gasteiger partial charge on any atom is 0.128 e. The van der Waals surface area contributed by atoms with Crippen LogP contribution in [0.1, 0.15) is 75.6 Å². The summed E-state index contributed by atoms with van der Waals surface area (Å²) in [5, 5.41) is 0. The molecule has 174 valence electrons. The molecule has 1 heterocycles. The maximum atomic E-state index is 15.1. The van der Waals surface area contributed by atoms with Crippen LogP contribution in [-0.2, 0) is 5.41 Å². The maximum absolute atomic E-state index is 15.1. The van der Waals surface area contributed by atoms with Gasteiger partial charge in [0.1, 0.15) is 11.6 Å². The van der Waals surface area contributed by atoms with Gasteiger partial charge in [0.15, 0.2) is 0 Å². The van der Waals surface area contributed by atoms with Crippen LogP contribution in [0.2, 0.25) is 0 Å². The van der Waals surface area contributed by atoms with Crippen LogP contribution < -0.4 is 0 Å². The third-order valence-electron chi connectivity index (χ3n) is 7.50. The minimum atomic E-state index is -0.448. The smallest absolute Gasteiger partial charge is 0.128 e. The summed E-state index contributed by atoms with van der Waals surface area (Å²) in [6.45, 7) is 6.79. The lowest BCUT2D eigenvalue weighted by molar-refractivity contribution is 0.128. The first-order valence-electron chi connectivity index (χ1n) is 12.3. The SMILES string of the molecule is CCCC(C)(CC1CCC(C)N1C(c1ccccc1F)c1ccccc1F)c1ccccc1. The third-order valence-corrected chi connectivity index (χ3v) is 7.50. The Morgan fingerprint density at radius 3 is 1.94 bits per heavy atom. The second-order valence-electron chi connectivity index (χ2n) is 9.85. The number of likely N-dealkylation sites (tertiary alicyclic amines) is 1. The summed E-state index contributed by atoms with van der Waals surface area (Å²) in [6.07, 6.45) is 5.21. The van der Waals surface area contributed by atoms with Crippen LogP contribution >= 0.6 is 0 Å². The van der Waals surface area contributed by atoms with E-state index in [9.17, 15) is 0 Å². The highest BCUT2D eigenvalue weighted by Gasteiger charge is 2.42. The van der Waals surface area contributed by atoms with E-state index in [2.05, 4.69) is 56.0 Å². The minimum Gasteiger partial charge on any atom is -0.286 e. The van der Waals surface area contributed by atoms with Gasteiger partial charge in [-0.25, -0.2) is 8.78 Å². The van der Waals surface area contributed by atoms with E-state index in [1.54, 1.807) is 12.1 Å². The number of hydrogen-bond acceptors (Lipinski definition) is 1. The first-order chi connectivity index (χ1) is 15.9. The molecule has 1 nitrogen and oxygen atoms in total. The fraction of sp³-hybridized carbons (Fsp3) is 0.400. The van der Waals surface area contributed by atoms with Gasteiger partial charge < -0.3 is 0 Å². The number of hydrogen-bond donors (Lipinski definition) is 0. The number of nitrogens with zero attached hydrogens (tertiary/aromatic N) is 1. The second-order valence-corrected chi connectivity index (χ2v) is 9.85. The van der Waals surface area contributed by atoms with Gasteiger partial charge in [0, 0.05) is 23.2 Å². The summed E-state index contributed by atoms with van der Waals surface area (Å²) in [5.74, 6) is -0.550. The van der Waals surface area contributed by atoms with E-state index < -0.39 is 6.04 Å². The van der Waals surface area contributed by atoms with Gasteiger partial charge in [-0.3, -0.25) is 4.90 Å². The van der Waals surface area contributed by atoms with Crippen LogP contribution in [0.15, 0.2) is 78.9 Å². The van der Waals surface area contributed by atoms with Crippen LogP contribution in [-0.4, -0.2) is 17.0 Å². The zero-order chi connectivity index (χ0) is 23.4. The first-order valence-corrected chi connectivity index (χ1v) is 12.3. The number of halogens is 2. The number of rotatable bonds is 8. The molecule has 1 aliphatic rings. The molecule has 0 aliphatic carbocycles. The first kappa shape index (κ1) is 23.6. The summed E-state index contributed by atoms with van der Waals surface area (Å²) in [7, 11) is 0. The van der Waals surface area contributed by atoms with E-state index in [1.807, 2.05) is 24.3 Å². The fourth-order valence-corrected chi connectivity index (χ4v) is 5.92. The molecule has 3 heteroatoms. The zero-order valence-corrected chi connectivity index (χ0v) is 20.0. The van der Waals surface area contributed by atoms with Gasteiger partial charge in [-0.2, -0.15) is 0 Å². The molecule has 0 amide bonds. The predicted octanol–water partition coefficient (Wildman–Crippen LogP) is 8.06. The zero-order valence-electron chi connectivity index (χ0n) is 20.0. The lowest BCUT2D eigenvalue weighted by atomic mass is 9.73. The Labute approximate surface area is 197 Å². The largest absolute Gasteiger partial charge is 0.286 e. The molecule has 33 heavy (non-hydrogen) atoms. The summed E-state index contributed by atoms with van der Waals surface area (Å²) >= 11 is 0. The minimum absolute atomic E-state index is 0.0119. The lowest BCUT2D eigenvalue weighted by Gasteiger charge is -2.41. The molecule has 0 radical (unpaired) electrons. The quantitative estimate of drug-likeness (QED) is 0.337. The Morgan fingerprint density at radius 1 is 0.848 bits per heavy atom. The van der Waals surface area contributed by atoms with E-state index in [1.165, 1.54) is 17.7 Å². The Morgan fingerprint density at radius 2 is 1.39 bits per heavy atom. The molecular weight excluding hydrogens is 412 g/mol. The molecule has 0 aromatic heterocycles. The van der Waals surface area contributed by atoms with Crippen molar-refractivity contribution < 1.29 is 8.78 Å². The number of benzene rings is 3. The fourth-order valence-electron chi connectivity index (χ4n) is 5.92. The molecule has 0 bridgehead atoms. The van der Waals surface area contributed by atoms with Crippen molar-refractivity contribution in [3.8, 4) is 0 Å². The molecule has 1 aliphatic heterocycles. The monoisotopic (exact) mass is 447 g/mol. The van der Waals surface area contributed by atoms with Gasteiger partial charge in [0.05, 0.1) is 6.04 Å². The summed E-state index contributed by atoms with van der Waals surface area (Å²) in [6, 6.07) is 24.5. The molecule has 4 rings (SSSR count). The Bertz CT molecular complexity index is 1000. The van der Waals surface area contributed by atoms with Gasteiger partial charge in [-0.1, -0.05) is 87.0 Å². The summed E-state index contributed by atoms with van der Waals surface area (Å²) < 4.78 is 30.3. The molecule has 3 aromatic carbocycles. The average molecular weight is 448 g/mol. The van der Waals surface area contributed by atoms with E-state index >= 15 is 8.78 Å². The van der Waals surface area contributed by atoms with Crippen LogP contribution in [0.3, 0.4) is 0 Å². The van der Waals surface area contributed by atoms with Gasteiger partial charge in [0.2, 0.25) is 0 Å². The van der Waals surface area contributed by atoms with E-state index in [0.29, 0.717) is 11.1 Å². The molecule has 3 unspecified atom stereocenters.